The molecule has 3 aromatic rings. The topological polar surface area (TPSA) is 61.9 Å². The second-order valence-corrected chi connectivity index (χ2v) is 7.45. The molecule has 2 aromatic heterocycles. The number of benzene rings is 1. The van der Waals surface area contributed by atoms with E-state index in [1.165, 1.54) is 7.05 Å². The van der Waals surface area contributed by atoms with E-state index in [0.29, 0.717) is 25.2 Å². The zero-order valence-corrected chi connectivity index (χ0v) is 15.9. The van der Waals surface area contributed by atoms with Crippen LogP contribution in [-0.4, -0.2) is 32.5 Å². The lowest BCUT2D eigenvalue weighted by molar-refractivity contribution is -0.138. The first-order chi connectivity index (χ1) is 13.7. The van der Waals surface area contributed by atoms with Crippen molar-refractivity contribution in [1.29, 1.82) is 0 Å². The standard InChI is InChI=1S/C20H19F3N4O2/c1-26-9-15(20(21,22)23)7-16(18(26)28)13-4-3-5-14(6-13)19(10-29-11-19)8-17-25-24-12-27(17)2/h3-7,9,12H,8,10-11H2,1-2H3. The monoisotopic (exact) mass is 404 g/mol. The SMILES string of the molecule is Cn1cnnc1CC1(c2cccc(-c3cc(C(F)(F)F)cn(C)c3=O)c2)COC1. The van der Waals surface area contributed by atoms with Crippen LogP contribution in [0.1, 0.15) is 17.0 Å². The molecule has 1 aliphatic rings. The summed E-state index contributed by atoms with van der Waals surface area (Å²) in [5.41, 5.74) is -0.354. The number of nitrogens with zero attached hydrogens (tertiary/aromatic N) is 4. The predicted octanol–water partition coefficient (Wildman–Crippen LogP) is 2.71. The van der Waals surface area contributed by atoms with Crippen molar-refractivity contribution in [1.82, 2.24) is 19.3 Å². The minimum absolute atomic E-state index is 0.0122. The Balaban J connectivity index is 1.78. The first-order valence-corrected chi connectivity index (χ1v) is 8.99. The van der Waals surface area contributed by atoms with Crippen molar-refractivity contribution in [3.63, 3.8) is 0 Å². The quantitative estimate of drug-likeness (QED) is 0.671. The fourth-order valence-corrected chi connectivity index (χ4v) is 3.58. The van der Waals surface area contributed by atoms with E-state index in [1.807, 2.05) is 17.7 Å². The van der Waals surface area contributed by atoms with Crippen molar-refractivity contribution in [2.24, 2.45) is 14.1 Å². The van der Waals surface area contributed by atoms with Gasteiger partial charge in [-0.1, -0.05) is 24.3 Å². The van der Waals surface area contributed by atoms with Crippen molar-refractivity contribution in [3.05, 3.63) is 70.2 Å². The Hall–Kier alpha value is -2.94. The smallest absolute Gasteiger partial charge is 0.379 e. The van der Waals surface area contributed by atoms with Crippen LogP contribution in [0.2, 0.25) is 0 Å². The Kier molecular flexibility index (Phi) is 4.57. The summed E-state index contributed by atoms with van der Waals surface area (Å²) in [6.45, 7) is 0.924. The van der Waals surface area contributed by atoms with Gasteiger partial charge in [0, 0.05) is 37.7 Å². The van der Waals surface area contributed by atoms with Crippen molar-refractivity contribution in [2.45, 2.75) is 18.0 Å². The molecule has 1 saturated heterocycles. The van der Waals surface area contributed by atoms with E-state index in [1.54, 1.807) is 24.5 Å². The van der Waals surface area contributed by atoms with Crippen LogP contribution >= 0.6 is 0 Å². The molecule has 0 bridgehead atoms. The second-order valence-electron chi connectivity index (χ2n) is 7.45. The molecule has 0 radical (unpaired) electrons. The molecule has 1 aromatic carbocycles. The van der Waals surface area contributed by atoms with Crippen LogP contribution in [0, 0.1) is 0 Å². The summed E-state index contributed by atoms with van der Waals surface area (Å²) in [6.07, 6.45) is -1.53. The maximum absolute atomic E-state index is 13.2. The van der Waals surface area contributed by atoms with Crippen molar-refractivity contribution in [2.75, 3.05) is 13.2 Å². The largest absolute Gasteiger partial charge is 0.417 e. The Bertz CT molecular complexity index is 1110. The van der Waals surface area contributed by atoms with Gasteiger partial charge in [0.1, 0.15) is 12.2 Å². The van der Waals surface area contributed by atoms with Crippen LogP contribution in [0.3, 0.4) is 0 Å². The van der Waals surface area contributed by atoms with Crippen LogP contribution in [0.4, 0.5) is 13.2 Å². The van der Waals surface area contributed by atoms with Gasteiger partial charge in [-0.05, 0) is 17.2 Å². The highest BCUT2D eigenvalue weighted by atomic mass is 19.4. The number of aryl methyl sites for hydroxylation is 2. The molecule has 152 valence electrons. The number of pyridine rings is 1. The van der Waals surface area contributed by atoms with Crippen LogP contribution in [0.5, 0.6) is 0 Å². The van der Waals surface area contributed by atoms with Gasteiger partial charge in [0.15, 0.2) is 0 Å². The molecule has 6 nitrogen and oxygen atoms in total. The first-order valence-electron chi connectivity index (χ1n) is 8.99. The molecular weight excluding hydrogens is 385 g/mol. The number of hydrogen-bond donors (Lipinski definition) is 0. The second kappa shape index (κ2) is 6.84. The summed E-state index contributed by atoms with van der Waals surface area (Å²) < 4.78 is 47.9. The third-order valence-electron chi connectivity index (χ3n) is 5.35. The van der Waals surface area contributed by atoms with E-state index in [2.05, 4.69) is 10.2 Å². The highest BCUT2D eigenvalue weighted by Crippen LogP contribution is 2.37. The summed E-state index contributed by atoms with van der Waals surface area (Å²) in [5.74, 6) is 0.786. The summed E-state index contributed by atoms with van der Waals surface area (Å²) in [7, 11) is 3.17. The normalized spacial score (nSPS) is 15.9. The van der Waals surface area contributed by atoms with Crippen molar-refractivity contribution >= 4 is 0 Å². The van der Waals surface area contributed by atoms with E-state index in [4.69, 9.17) is 4.74 Å². The molecule has 3 heterocycles. The third-order valence-corrected chi connectivity index (χ3v) is 5.35. The number of hydrogen-bond acceptors (Lipinski definition) is 4. The fraction of sp³-hybridized carbons (Fsp3) is 0.350. The molecule has 0 aliphatic carbocycles. The lowest BCUT2D eigenvalue weighted by Crippen LogP contribution is -2.49. The van der Waals surface area contributed by atoms with Crippen LogP contribution in [0.25, 0.3) is 11.1 Å². The van der Waals surface area contributed by atoms with E-state index in [9.17, 15) is 18.0 Å². The molecule has 9 heteroatoms. The Morgan fingerprint density at radius 2 is 1.93 bits per heavy atom. The number of aromatic nitrogens is 4. The van der Waals surface area contributed by atoms with Crippen molar-refractivity contribution in [3.8, 4) is 11.1 Å². The molecule has 1 aliphatic heterocycles. The van der Waals surface area contributed by atoms with Gasteiger partial charge in [-0.3, -0.25) is 4.79 Å². The number of alkyl halides is 3. The van der Waals surface area contributed by atoms with E-state index in [0.717, 1.165) is 28.2 Å². The fourth-order valence-electron chi connectivity index (χ4n) is 3.58. The predicted molar refractivity (Wildman–Crippen MR) is 99.3 cm³/mol. The van der Waals surface area contributed by atoms with Gasteiger partial charge < -0.3 is 13.9 Å². The number of ether oxygens (including phenoxy) is 1. The molecule has 0 N–H and O–H groups in total. The highest BCUT2D eigenvalue weighted by Gasteiger charge is 2.42. The molecular formula is C20H19F3N4O2. The van der Waals surface area contributed by atoms with Gasteiger partial charge in [0.05, 0.1) is 18.8 Å². The van der Waals surface area contributed by atoms with Crippen molar-refractivity contribution < 1.29 is 17.9 Å². The lowest BCUT2D eigenvalue weighted by atomic mass is 9.75. The van der Waals surface area contributed by atoms with E-state index in [-0.39, 0.29) is 11.0 Å². The van der Waals surface area contributed by atoms with Gasteiger partial charge in [-0.15, -0.1) is 10.2 Å². The average molecular weight is 404 g/mol. The molecule has 4 rings (SSSR count). The molecule has 29 heavy (non-hydrogen) atoms. The third kappa shape index (κ3) is 3.46. The minimum Gasteiger partial charge on any atom is -0.379 e. The summed E-state index contributed by atoms with van der Waals surface area (Å²) in [4.78, 5) is 12.5. The molecule has 0 spiro atoms. The number of halogens is 3. The summed E-state index contributed by atoms with van der Waals surface area (Å²) in [6, 6.07) is 7.99. The zero-order chi connectivity index (χ0) is 20.8. The maximum Gasteiger partial charge on any atom is 0.417 e. The molecule has 0 amide bonds. The summed E-state index contributed by atoms with van der Waals surface area (Å²) in [5, 5.41) is 8.03. The number of rotatable bonds is 4. The summed E-state index contributed by atoms with van der Waals surface area (Å²) >= 11 is 0. The lowest BCUT2D eigenvalue weighted by Gasteiger charge is -2.42. The molecule has 0 atom stereocenters. The van der Waals surface area contributed by atoms with Gasteiger partial charge in [0.2, 0.25) is 0 Å². The van der Waals surface area contributed by atoms with E-state index >= 15 is 0 Å². The first kappa shape index (κ1) is 19.4. The van der Waals surface area contributed by atoms with E-state index < -0.39 is 17.3 Å². The van der Waals surface area contributed by atoms with Crippen LogP contribution in [-0.2, 0) is 36.8 Å². The molecule has 0 saturated carbocycles. The molecule has 1 fully saturated rings. The Morgan fingerprint density at radius 1 is 1.17 bits per heavy atom. The van der Waals surface area contributed by atoms with Gasteiger partial charge in [-0.2, -0.15) is 13.2 Å². The van der Waals surface area contributed by atoms with Gasteiger partial charge in [-0.25, -0.2) is 0 Å². The molecule has 0 unspecified atom stereocenters. The Morgan fingerprint density at radius 3 is 2.52 bits per heavy atom. The van der Waals surface area contributed by atoms with Crippen LogP contribution < -0.4 is 5.56 Å². The maximum atomic E-state index is 13.2. The zero-order valence-electron chi connectivity index (χ0n) is 15.9. The highest BCUT2D eigenvalue weighted by molar-refractivity contribution is 5.65. The van der Waals surface area contributed by atoms with Gasteiger partial charge in [0.25, 0.3) is 5.56 Å². The van der Waals surface area contributed by atoms with Gasteiger partial charge >= 0.3 is 6.18 Å². The van der Waals surface area contributed by atoms with Crippen LogP contribution in [0.15, 0.2) is 47.7 Å². The Labute approximate surface area is 164 Å². The average Bonchev–Trinajstić information content (AvgIpc) is 3.04. The minimum atomic E-state index is -4.54.